The molecule has 0 spiro atoms. The summed E-state index contributed by atoms with van der Waals surface area (Å²) < 4.78 is 39.7. The summed E-state index contributed by atoms with van der Waals surface area (Å²) in [7, 11) is 0. The third-order valence-corrected chi connectivity index (χ3v) is 2.71. The van der Waals surface area contributed by atoms with Crippen LogP contribution in [0, 0.1) is 6.92 Å². The van der Waals surface area contributed by atoms with Gasteiger partial charge >= 0.3 is 6.18 Å². The molecule has 20 heavy (non-hydrogen) atoms. The van der Waals surface area contributed by atoms with Crippen LogP contribution < -0.4 is 5.73 Å². The van der Waals surface area contributed by atoms with Crippen molar-refractivity contribution in [1.82, 2.24) is 9.66 Å². The van der Waals surface area contributed by atoms with Crippen molar-refractivity contribution in [1.29, 1.82) is 0 Å². The Morgan fingerprint density at radius 2 is 2.10 bits per heavy atom. The Labute approximate surface area is 117 Å². The van der Waals surface area contributed by atoms with Crippen molar-refractivity contribution in [2.24, 2.45) is 5.10 Å². The highest BCUT2D eigenvalue weighted by molar-refractivity contribution is 6.30. The Bertz CT molecular complexity index is 661. The largest absolute Gasteiger partial charge is 0.417 e. The fourth-order valence-corrected chi connectivity index (χ4v) is 1.80. The zero-order valence-corrected chi connectivity index (χ0v) is 11.1. The molecule has 8 heteroatoms. The lowest BCUT2D eigenvalue weighted by Gasteiger charge is -2.10. The van der Waals surface area contributed by atoms with E-state index >= 15 is 0 Å². The molecule has 0 saturated heterocycles. The van der Waals surface area contributed by atoms with E-state index in [0.29, 0.717) is 5.69 Å². The lowest BCUT2D eigenvalue weighted by Crippen LogP contribution is -2.09. The molecule has 1 aromatic heterocycles. The molecular weight excluding hydrogens is 293 g/mol. The van der Waals surface area contributed by atoms with E-state index in [2.05, 4.69) is 10.1 Å². The molecule has 0 aliphatic carbocycles. The Balaban J connectivity index is 2.42. The third-order valence-electron chi connectivity index (χ3n) is 2.47. The monoisotopic (exact) mass is 302 g/mol. The van der Waals surface area contributed by atoms with Gasteiger partial charge in [-0.25, -0.2) is 9.66 Å². The smallest absolute Gasteiger partial charge is 0.368 e. The first-order chi connectivity index (χ1) is 9.27. The van der Waals surface area contributed by atoms with Crippen LogP contribution in [-0.2, 0) is 6.18 Å². The van der Waals surface area contributed by atoms with Gasteiger partial charge in [0.2, 0.25) is 5.95 Å². The predicted octanol–water partition coefficient (Wildman–Crippen LogP) is 3.33. The van der Waals surface area contributed by atoms with Gasteiger partial charge in [0, 0.05) is 10.6 Å². The molecule has 2 aromatic rings. The van der Waals surface area contributed by atoms with Gasteiger partial charge in [0.05, 0.1) is 23.7 Å². The van der Waals surface area contributed by atoms with Crippen LogP contribution in [0.5, 0.6) is 0 Å². The van der Waals surface area contributed by atoms with E-state index < -0.39 is 11.7 Å². The molecule has 0 fully saturated rings. The molecule has 106 valence electrons. The lowest BCUT2D eigenvalue weighted by molar-refractivity contribution is -0.137. The summed E-state index contributed by atoms with van der Waals surface area (Å²) in [6.45, 7) is 1.70. The fourth-order valence-electron chi connectivity index (χ4n) is 1.62. The Kier molecular flexibility index (Phi) is 3.71. The van der Waals surface area contributed by atoms with Gasteiger partial charge in [-0.15, -0.1) is 0 Å². The Morgan fingerprint density at radius 3 is 2.65 bits per heavy atom. The average Bonchev–Trinajstić information content (AvgIpc) is 2.63. The highest BCUT2D eigenvalue weighted by Crippen LogP contribution is 2.32. The van der Waals surface area contributed by atoms with Crippen LogP contribution in [0.25, 0.3) is 0 Å². The topological polar surface area (TPSA) is 56.2 Å². The number of hydrogen-bond acceptors (Lipinski definition) is 3. The van der Waals surface area contributed by atoms with Crippen LogP contribution >= 0.6 is 11.6 Å². The van der Waals surface area contributed by atoms with Crippen LogP contribution in [0.15, 0.2) is 29.5 Å². The summed E-state index contributed by atoms with van der Waals surface area (Å²) in [5, 5.41) is 4.05. The molecule has 0 atom stereocenters. The van der Waals surface area contributed by atoms with Gasteiger partial charge in [-0.3, -0.25) is 0 Å². The van der Waals surface area contributed by atoms with Crippen LogP contribution in [0.3, 0.4) is 0 Å². The molecule has 0 aliphatic heterocycles. The van der Waals surface area contributed by atoms with E-state index in [4.69, 9.17) is 17.3 Å². The van der Waals surface area contributed by atoms with Crippen LogP contribution in [-0.4, -0.2) is 15.9 Å². The highest BCUT2D eigenvalue weighted by atomic mass is 35.5. The van der Waals surface area contributed by atoms with Gasteiger partial charge in [0.25, 0.3) is 0 Å². The van der Waals surface area contributed by atoms with Crippen molar-refractivity contribution in [3.05, 3.63) is 46.2 Å². The number of nitrogens with zero attached hydrogens (tertiary/aromatic N) is 3. The maximum atomic E-state index is 12.8. The molecule has 4 nitrogen and oxygen atoms in total. The third kappa shape index (κ3) is 3.11. The van der Waals surface area contributed by atoms with Crippen molar-refractivity contribution < 1.29 is 13.2 Å². The minimum atomic E-state index is -4.48. The number of benzene rings is 1. The van der Waals surface area contributed by atoms with Gasteiger partial charge in [-0.1, -0.05) is 11.6 Å². The summed E-state index contributed by atoms with van der Waals surface area (Å²) in [6.07, 6.45) is -1.93. The maximum absolute atomic E-state index is 12.8. The summed E-state index contributed by atoms with van der Waals surface area (Å²) in [5.41, 5.74) is 5.20. The quantitative estimate of drug-likeness (QED) is 0.865. The molecule has 0 aliphatic rings. The van der Waals surface area contributed by atoms with E-state index in [9.17, 15) is 13.2 Å². The summed E-state index contributed by atoms with van der Waals surface area (Å²) >= 11 is 5.71. The lowest BCUT2D eigenvalue weighted by atomic mass is 10.1. The number of nitrogen functional groups attached to an aromatic ring is 1. The molecule has 0 radical (unpaired) electrons. The van der Waals surface area contributed by atoms with Crippen molar-refractivity contribution >= 4 is 23.8 Å². The number of hydrogen-bond donors (Lipinski definition) is 1. The van der Waals surface area contributed by atoms with Gasteiger partial charge in [-0.05, 0) is 25.1 Å². The minimum Gasteiger partial charge on any atom is -0.368 e. The van der Waals surface area contributed by atoms with E-state index in [1.807, 2.05) is 0 Å². The number of anilines is 1. The van der Waals surface area contributed by atoms with Gasteiger partial charge in [-0.2, -0.15) is 18.3 Å². The molecule has 1 heterocycles. The molecule has 0 saturated carbocycles. The molecule has 2 rings (SSSR count). The zero-order chi connectivity index (χ0) is 14.9. The van der Waals surface area contributed by atoms with E-state index in [1.165, 1.54) is 23.0 Å². The van der Waals surface area contributed by atoms with Gasteiger partial charge in [0.15, 0.2) is 0 Å². The first-order valence-electron chi connectivity index (χ1n) is 5.50. The Morgan fingerprint density at radius 1 is 1.40 bits per heavy atom. The van der Waals surface area contributed by atoms with Crippen molar-refractivity contribution in [3.8, 4) is 0 Å². The van der Waals surface area contributed by atoms with Gasteiger partial charge in [0.1, 0.15) is 0 Å². The number of alkyl halides is 3. The molecule has 0 bridgehead atoms. The molecule has 0 amide bonds. The average molecular weight is 303 g/mol. The SMILES string of the molecule is Cc1cn(N=Cc2cc(Cl)ccc2C(F)(F)F)c(N)n1. The van der Waals surface area contributed by atoms with E-state index in [1.54, 1.807) is 6.92 Å². The molecule has 1 aromatic carbocycles. The predicted molar refractivity (Wildman–Crippen MR) is 70.8 cm³/mol. The summed E-state index contributed by atoms with van der Waals surface area (Å²) in [4.78, 5) is 3.89. The summed E-state index contributed by atoms with van der Waals surface area (Å²) in [6, 6.07) is 3.28. The zero-order valence-electron chi connectivity index (χ0n) is 10.3. The number of rotatable bonds is 2. The first-order valence-corrected chi connectivity index (χ1v) is 5.88. The second kappa shape index (κ2) is 5.16. The maximum Gasteiger partial charge on any atom is 0.417 e. The number of nitrogens with two attached hydrogens (primary N) is 1. The second-order valence-electron chi connectivity index (χ2n) is 4.06. The van der Waals surface area contributed by atoms with E-state index in [0.717, 1.165) is 12.3 Å². The Hall–Kier alpha value is -2.02. The van der Waals surface area contributed by atoms with Crippen molar-refractivity contribution in [3.63, 3.8) is 0 Å². The van der Waals surface area contributed by atoms with Crippen molar-refractivity contribution in [2.45, 2.75) is 13.1 Å². The number of aryl methyl sites for hydroxylation is 1. The van der Waals surface area contributed by atoms with E-state index in [-0.39, 0.29) is 16.5 Å². The van der Waals surface area contributed by atoms with Crippen LogP contribution in [0.1, 0.15) is 16.8 Å². The van der Waals surface area contributed by atoms with Crippen molar-refractivity contribution in [2.75, 3.05) is 5.73 Å². The molecule has 2 N–H and O–H groups in total. The van der Waals surface area contributed by atoms with Crippen LogP contribution in [0.4, 0.5) is 19.1 Å². The fraction of sp³-hybridized carbons (Fsp3) is 0.167. The summed E-state index contributed by atoms with van der Waals surface area (Å²) in [5.74, 6) is 0.0920. The van der Waals surface area contributed by atoms with Crippen LogP contribution in [0.2, 0.25) is 5.02 Å². The number of halogens is 4. The molecular formula is C12H10ClF3N4. The number of imidazole rings is 1. The standard InChI is InChI=1S/C12H10ClF3N4/c1-7-6-20(11(17)19-7)18-5-8-4-9(13)2-3-10(8)12(14,15)16/h2-6H,1H3,(H2,17,19). The second-order valence-corrected chi connectivity index (χ2v) is 4.50. The van der Waals surface area contributed by atoms with Gasteiger partial charge < -0.3 is 5.73 Å². The minimum absolute atomic E-state index is 0.0920. The molecule has 0 unspecified atom stereocenters. The highest BCUT2D eigenvalue weighted by Gasteiger charge is 2.32. The number of aromatic nitrogens is 2. The normalized spacial score (nSPS) is 12.2. The first kappa shape index (κ1) is 14.4.